The summed E-state index contributed by atoms with van der Waals surface area (Å²) < 4.78 is 20.1. The number of rotatable bonds is 8. The van der Waals surface area contributed by atoms with E-state index in [-0.39, 0.29) is 16.8 Å². The van der Waals surface area contributed by atoms with E-state index in [1.165, 1.54) is 35.1 Å². The number of hydrogen-bond acceptors (Lipinski definition) is 4. The topological polar surface area (TPSA) is 71.5 Å². The summed E-state index contributed by atoms with van der Waals surface area (Å²) in [5.41, 5.74) is 5.37. The summed E-state index contributed by atoms with van der Waals surface area (Å²) in [5.74, 6) is -1.04. The molecule has 5 nitrogen and oxygen atoms in total. The van der Waals surface area contributed by atoms with E-state index in [1.54, 1.807) is 42.5 Å². The number of ether oxygens (including phenoxy) is 1. The molecule has 2 aliphatic rings. The third kappa shape index (κ3) is 7.30. The Bertz CT molecular complexity index is 1420. The molecule has 218 valence electrons. The second-order valence-electron chi connectivity index (χ2n) is 11.4. The second kappa shape index (κ2) is 13.9. The van der Waals surface area contributed by atoms with Crippen LogP contribution >= 0.6 is 0 Å². The summed E-state index contributed by atoms with van der Waals surface area (Å²) in [6, 6.07) is 28.2. The zero-order valence-electron chi connectivity index (χ0n) is 24.0. The molecule has 6 rings (SSSR count). The SMILES string of the molecule is Fc1ccc([C@]2(CCNCc3ccccc3-c3ccncc3)CCOC3(CCCC3)C2)cc1.O=C(O)c1ccccc1. The van der Waals surface area contributed by atoms with Crippen molar-refractivity contribution in [3.63, 3.8) is 0 Å². The number of hydrogen-bond donors (Lipinski definition) is 2. The van der Waals surface area contributed by atoms with Crippen molar-refractivity contribution >= 4 is 5.97 Å². The van der Waals surface area contributed by atoms with Gasteiger partial charge >= 0.3 is 5.97 Å². The Morgan fingerprint density at radius 2 is 1.57 bits per heavy atom. The van der Waals surface area contributed by atoms with Crippen LogP contribution in [0.3, 0.4) is 0 Å². The van der Waals surface area contributed by atoms with Crippen molar-refractivity contribution in [3.8, 4) is 11.1 Å². The highest BCUT2D eigenvalue weighted by Crippen LogP contribution is 2.50. The van der Waals surface area contributed by atoms with Gasteiger partial charge in [-0.2, -0.15) is 0 Å². The zero-order valence-corrected chi connectivity index (χ0v) is 24.0. The van der Waals surface area contributed by atoms with Gasteiger partial charge in [-0.3, -0.25) is 4.98 Å². The maximum absolute atomic E-state index is 13.7. The van der Waals surface area contributed by atoms with Crippen LogP contribution in [0.5, 0.6) is 0 Å². The van der Waals surface area contributed by atoms with Crippen LogP contribution in [0.15, 0.2) is 103 Å². The van der Waals surface area contributed by atoms with Gasteiger partial charge in [0.2, 0.25) is 0 Å². The van der Waals surface area contributed by atoms with Crippen molar-refractivity contribution in [1.29, 1.82) is 0 Å². The summed E-state index contributed by atoms with van der Waals surface area (Å²) in [4.78, 5) is 14.4. The molecule has 42 heavy (non-hydrogen) atoms. The molecule has 1 saturated carbocycles. The van der Waals surface area contributed by atoms with Gasteiger partial charge in [0.15, 0.2) is 0 Å². The Morgan fingerprint density at radius 3 is 2.26 bits per heavy atom. The van der Waals surface area contributed by atoms with Gasteiger partial charge < -0.3 is 15.2 Å². The summed E-state index contributed by atoms with van der Waals surface area (Å²) in [5, 5.41) is 12.1. The van der Waals surface area contributed by atoms with E-state index in [1.807, 2.05) is 24.5 Å². The summed E-state index contributed by atoms with van der Waals surface area (Å²) >= 11 is 0. The van der Waals surface area contributed by atoms with Crippen molar-refractivity contribution in [2.45, 2.75) is 62.5 Å². The number of nitrogens with one attached hydrogen (secondary N) is 1. The Labute approximate surface area is 247 Å². The van der Waals surface area contributed by atoms with Crippen molar-refractivity contribution in [1.82, 2.24) is 10.3 Å². The summed E-state index contributed by atoms with van der Waals surface area (Å²) in [6.07, 6.45) is 11.6. The summed E-state index contributed by atoms with van der Waals surface area (Å²) in [6.45, 7) is 2.53. The standard InChI is InChI=1S/C29H33FN2O.C7H6O2/c30-26-9-7-25(8-10-26)28(16-20-33-29(22-28)13-3-4-14-29)15-19-32-21-24-5-1-2-6-27(24)23-11-17-31-18-12-23;8-7(9)6-4-2-1-3-5-6/h1-2,5-12,17-18,32H,3-4,13-16,19-22H2;1-5H,(H,8,9)/t28-;/m1./s1. The van der Waals surface area contributed by atoms with E-state index in [0.29, 0.717) is 5.56 Å². The van der Waals surface area contributed by atoms with E-state index in [0.717, 1.165) is 51.8 Å². The average molecular weight is 567 g/mol. The van der Waals surface area contributed by atoms with Crippen molar-refractivity contribution in [2.24, 2.45) is 0 Å². The molecule has 0 amide bonds. The number of carbonyl (C=O) groups is 1. The van der Waals surface area contributed by atoms with Gasteiger partial charge in [0.05, 0.1) is 11.2 Å². The summed E-state index contributed by atoms with van der Waals surface area (Å²) in [7, 11) is 0. The lowest BCUT2D eigenvalue weighted by Crippen LogP contribution is -2.47. The first-order valence-corrected chi connectivity index (χ1v) is 14.9. The third-order valence-corrected chi connectivity index (χ3v) is 8.75. The molecular weight excluding hydrogens is 527 g/mol. The van der Waals surface area contributed by atoms with Crippen molar-refractivity contribution < 1.29 is 19.0 Å². The molecule has 1 spiro atoms. The minimum atomic E-state index is -0.879. The van der Waals surface area contributed by atoms with Crippen LogP contribution in [0.1, 0.15) is 66.4 Å². The maximum Gasteiger partial charge on any atom is 0.335 e. The highest BCUT2D eigenvalue weighted by molar-refractivity contribution is 5.87. The molecule has 0 bridgehead atoms. The van der Waals surface area contributed by atoms with Gasteiger partial charge in [-0.15, -0.1) is 0 Å². The Balaban J connectivity index is 0.000000336. The molecule has 1 atom stereocenters. The molecule has 1 aliphatic carbocycles. The largest absolute Gasteiger partial charge is 0.478 e. The van der Waals surface area contributed by atoms with Crippen LogP contribution in [-0.2, 0) is 16.7 Å². The van der Waals surface area contributed by atoms with Crippen LogP contribution in [-0.4, -0.2) is 34.8 Å². The van der Waals surface area contributed by atoms with Gasteiger partial charge in [0, 0.05) is 31.0 Å². The molecule has 3 aromatic carbocycles. The number of benzene rings is 3. The minimum absolute atomic E-state index is 0.0145. The lowest BCUT2D eigenvalue weighted by molar-refractivity contribution is -0.103. The third-order valence-electron chi connectivity index (χ3n) is 8.75. The number of halogens is 1. The first-order valence-electron chi connectivity index (χ1n) is 14.9. The molecular formula is C36H39FN2O3. The number of carboxylic acid groups (broad SMARTS) is 1. The van der Waals surface area contributed by atoms with Crippen LogP contribution in [0.2, 0.25) is 0 Å². The van der Waals surface area contributed by atoms with Crippen molar-refractivity contribution in [3.05, 3.63) is 126 Å². The van der Waals surface area contributed by atoms with E-state index >= 15 is 0 Å². The lowest BCUT2D eigenvalue weighted by atomic mass is 9.66. The van der Waals surface area contributed by atoms with Crippen LogP contribution in [0.25, 0.3) is 11.1 Å². The minimum Gasteiger partial charge on any atom is -0.478 e. The molecule has 1 saturated heterocycles. The van der Waals surface area contributed by atoms with E-state index < -0.39 is 5.97 Å². The number of carboxylic acids is 1. The highest BCUT2D eigenvalue weighted by Gasteiger charge is 2.47. The average Bonchev–Trinajstić information content (AvgIpc) is 3.48. The fourth-order valence-electron chi connectivity index (χ4n) is 6.59. The monoisotopic (exact) mass is 566 g/mol. The second-order valence-corrected chi connectivity index (χ2v) is 11.4. The van der Waals surface area contributed by atoms with Gasteiger partial charge in [0.1, 0.15) is 5.82 Å². The molecule has 1 aliphatic heterocycles. The molecule has 6 heteroatoms. The van der Waals surface area contributed by atoms with E-state index in [9.17, 15) is 9.18 Å². The number of nitrogens with zero attached hydrogens (tertiary/aromatic N) is 1. The molecule has 2 fully saturated rings. The van der Waals surface area contributed by atoms with Crippen LogP contribution in [0.4, 0.5) is 4.39 Å². The van der Waals surface area contributed by atoms with Gasteiger partial charge in [-0.05, 0) is 97.3 Å². The van der Waals surface area contributed by atoms with E-state index in [4.69, 9.17) is 9.84 Å². The fraction of sp³-hybridized carbons (Fsp3) is 0.333. The van der Waals surface area contributed by atoms with Gasteiger partial charge in [-0.25, -0.2) is 9.18 Å². The van der Waals surface area contributed by atoms with Gasteiger partial charge in [-0.1, -0.05) is 67.4 Å². The molecule has 2 N–H and O–H groups in total. The Hall–Kier alpha value is -3.87. The molecule has 1 aromatic heterocycles. The predicted octanol–water partition coefficient (Wildman–Crippen LogP) is 7.81. The molecule has 2 heterocycles. The number of aromatic carboxylic acids is 1. The Morgan fingerprint density at radius 1 is 0.881 bits per heavy atom. The van der Waals surface area contributed by atoms with E-state index in [2.05, 4.69) is 46.7 Å². The molecule has 0 radical (unpaired) electrons. The normalized spacial score (nSPS) is 19.2. The fourth-order valence-corrected chi connectivity index (χ4v) is 6.59. The Kier molecular flexibility index (Phi) is 9.78. The van der Waals surface area contributed by atoms with Crippen LogP contribution < -0.4 is 5.32 Å². The quantitative estimate of drug-likeness (QED) is 0.213. The predicted molar refractivity (Wildman–Crippen MR) is 164 cm³/mol. The number of pyridine rings is 1. The lowest BCUT2D eigenvalue weighted by Gasteiger charge is -2.47. The maximum atomic E-state index is 13.7. The van der Waals surface area contributed by atoms with Gasteiger partial charge in [0.25, 0.3) is 0 Å². The highest BCUT2D eigenvalue weighted by atomic mass is 19.1. The van der Waals surface area contributed by atoms with Crippen LogP contribution in [0, 0.1) is 5.82 Å². The smallest absolute Gasteiger partial charge is 0.335 e. The van der Waals surface area contributed by atoms with Crippen molar-refractivity contribution in [2.75, 3.05) is 13.2 Å². The first kappa shape index (κ1) is 29.6. The molecule has 0 unspecified atom stereocenters. The number of aromatic nitrogens is 1. The first-order chi connectivity index (χ1) is 20.5. The zero-order chi connectivity index (χ0) is 29.3. The molecule has 4 aromatic rings.